The molecule has 1 aliphatic carbocycles. The van der Waals surface area contributed by atoms with Gasteiger partial charge in [-0.05, 0) is 55.2 Å². The van der Waals surface area contributed by atoms with E-state index in [-0.39, 0.29) is 5.82 Å². The molecule has 0 spiro atoms. The van der Waals surface area contributed by atoms with Gasteiger partial charge in [-0.15, -0.1) is 11.8 Å². The standard InChI is InChI=1S/C15H20FNS/c1-10(8-11-2-3-11)17-14-6-7-18-15-5-4-12(16)9-13(14)15/h4-5,9-11,14,17H,2-3,6-8H2,1H3. The van der Waals surface area contributed by atoms with E-state index in [0.717, 1.165) is 23.7 Å². The first-order chi connectivity index (χ1) is 8.72. The maximum absolute atomic E-state index is 13.4. The lowest BCUT2D eigenvalue weighted by Crippen LogP contribution is -2.32. The summed E-state index contributed by atoms with van der Waals surface area (Å²) in [6.07, 6.45) is 5.18. The summed E-state index contributed by atoms with van der Waals surface area (Å²) in [7, 11) is 0. The largest absolute Gasteiger partial charge is 0.307 e. The highest BCUT2D eigenvalue weighted by Crippen LogP contribution is 2.38. The fraction of sp³-hybridized carbons (Fsp3) is 0.600. The highest BCUT2D eigenvalue weighted by Gasteiger charge is 2.27. The SMILES string of the molecule is CC(CC1CC1)NC1CCSc2ccc(F)cc21. The summed E-state index contributed by atoms with van der Waals surface area (Å²) < 4.78 is 13.4. The van der Waals surface area contributed by atoms with Crippen LogP contribution < -0.4 is 5.32 Å². The monoisotopic (exact) mass is 265 g/mol. The van der Waals surface area contributed by atoms with E-state index < -0.39 is 0 Å². The summed E-state index contributed by atoms with van der Waals surface area (Å²) >= 11 is 1.85. The first-order valence-electron chi connectivity index (χ1n) is 6.90. The molecule has 2 aliphatic rings. The average molecular weight is 265 g/mol. The molecule has 1 saturated carbocycles. The summed E-state index contributed by atoms with van der Waals surface area (Å²) in [6.45, 7) is 2.26. The van der Waals surface area contributed by atoms with Crippen LogP contribution in [0.15, 0.2) is 23.1 Å². The third-order valence-electron chi connectivity index (χ3n) is 3.88. The van der Waals surface area contributed by atoms with Gasteiger partial charge in [-0.2, -0.15) is 0 Å². The second-order valence-corrected chi connectivity index (χ2v) is 6.76. The molecule has 1 aromatic rings. The van der Waals surface area contributed by atoms with Crippen molar-refractivity contribution in [1.29, 1.82) is 0 Å². The molecule has 1 heterocycles. The topological polar surface area (TPSA) is 12.0 Å². The quantitative estimate of drug-likeness (QED) is 0.878. The molecule has 3 rings (SSSR count). The number of nitrogens with one attached hydrogen (secondary N) is 1. The zero-order valence-electron chi connectivity index (χ0n) is 10.8. The van der Waals surface area contributed by atoms with Crippen molar-refractivity contribution in [3.63, 3.8) is 0 Å². The molecule has 0 radical (unpaired) electrons. The zero-order chi connectivity index (χ0) is 12.5. The molecule has 2 unspecified atom stereocenters. The second kappa shape index (κ2) is 5.22. The van der Waals surface area contributed by atoms with E-state index in [1.54, 1.807) is 12.1 Å². The van der Waals surface area contributed by atoms with Gasteiger partial charge in [-0.1, -0.05) is 12.8 Å². The van der Waals surface area contributed by atoms with E-state index in [2.05, 4.69) is 12.2 Å². The van der Waals surface area contributed by atoms with Crippen LogP contribution in [0.3, 0.4) is 0 Å². The van der Waals surface area contributed by atoms with Crippen LogP contribution in [0.4, 0.5) is 4.39 Å². The van der Waals surface area contributed by atoms with Crippen LogP contribution in [0.5, 0.6) is 0 Å². The van der Waals surface area contributed by atoms with Gasteiger partial charge in [-0.25, -0.2) is 4.39 Å². The molecule has 1 aromatic carbocycles. The Labute approximate surface area is 113 Å². The van der Waals surface area contributed by atoms with Gasteiger partial charge in [-0.3, -0.25) is 0 Å². The van der Waals surface area contributed by atoms with Crippen molar-refractivity contribution in [2.75, 3.05) is 5.75 Å². The van der Waals surface area contributed by atoms with Gasteiger partial charge in [0.25, 0.3) is 0 Å². The molecule has 1 fully saturated rings. The molecular weight excluding hydrogens is 245 g/mol. The maximum Gasteiger partial charge on any atom is 0.123 e. The molecular formula is C15H20FNS. The normalized spacial score (nSPS) is 24.7. The zero-order valence-corrected chi connectivity index (χ0v) is 11.6. The molecule has 0 aromatic heterocycles. The van der Waals surface area contributed by atoms with Gasteiger partial charge in [0, 0.05) is 17.0 Å². The Kier molecular flexibility index (Phi) is 3.62. The van der Waals surface area contributed by atoms with Crippen LogP contribution in [0.2, 0.25) is 0 Å². The average Bonchev–Trinajstić information content (AvgIpc) is 3.14. The van der Waals surface area contributed by atoms with Crippen LogP contribution >= 0.6 is 11.8 Å². The maximum atomic E-state index is 13.4. The Morgan fingerprint density at radius 2 is 2.22 bits per heavy atom. The van der Waals surface area contributed by atoms with Gasteiger partial charge in [0.2, 0.25) is 0 Å². The van der Waals surface area contributed by atoms with E-state index in [9.17, 15) is 4.39 Å². The number of fused-ring (bicyclic) bond motifs is 1. The van der Waals surface area contributed by atoms with Gasteiger partial charge < -0.3 is 5.32 Å². The van der Waals surface area contributed by atoms with Crippen LogP contribution in [-0.2, 0) is 0 Å². The van der Waals surface area contributed by atoms with Crippen molar-refractivity contribution < 1.29 is 4.39 Å². The Morgan fingerprint density at radius 1 is 1.39 bits per heavy atom. The molecule has 0 bridgehead atoms. The van der Waals surface area contributed by atoms with E-state index in [1.807, 2.05) is 17.8 Å². The lowest BCUT2D eigenvalue weighted by atomic mass is 10.0. The summed E-state index contributed by atoms with van der Waals surface area (Å²) in [5.74, 6) is 1.96. The van der Waals surface area contributed by atoms with Crippen molar-refractivity contribution in [3.8, 4) is 0 Å². The number of hydrogen-bond acceptors (Lipinski definition) is 2. The van der Waals surface area contributed by atoms with Gasteiger partial charge in [0.05, 0.1) is 0 Å². The van der Waals surface area contributed by atoms with Crippen LogP contribution in [0, 0.1) is 11.7 Å². The molecule has 18 heavy (non-hydrogen) atoms. The minimum Gasteiger partial charge on any atom is -0.307 e. The lowest BCUT2D eigenvalue weighted by Gasteiger charge is -2.29. The Balaban J connectivity index is 1.71. The number of thioether (sulfide) groups is 1. The van der Waals surface area contributed by atoms with Gasteiger partial charge in [0.1, 0.15) is 5.82 Å². The van der Waals surface area contributed by atoms with Crippen LogP contribution in [0.1, 0.15) is 44.2 Å². The van der Waals surface area contributed by atoms with Crippen LogP contribution in [0.25, 0.3) is 0 Å². The predicted molar refractivity (Wildman–Crippen MR) is 74.4 cm³/mol. The van der Waals surface area contributed by atoms with Crippen molar-refractivity contribution in [2.24, 2.45) is 5.92 Å². The summed E-state index contributed by atoms with van der Waals surface area (Å²) in [5, 5.41) is 3.69. The van der Waals surface area contributed by atoms with Gasteiger partial charge >= 0.3 is 0 Å². The lowest BCUT2D eigenvalue weighted by molar-refractivity contribution is 0.407. The molecule has 98 valence electrons. The second-order valence-electron chi connectivity index (χ2n) is 5.62. The Morgan fingerprint density at radius 3 is 3.00 bits per heavy atom. The summed E-state index contributed by atoms with van der Waals surface area (Å²) in [5.41, 5.74) is 1.16. The Hall–Kier alpha value is -0.540. The smallest absolute Gasteiger partial charge is 0.123 e. The van der Waals surface area contributed by atoms with E-state index in [0.29, 0.717) is 12.1 Å². The summed E-state index contributed by atoms with van der Waals surface area (Å²) in [6, 6.07) is 6.09. The minimum absolute atomic E-state index is 0.113. The minimum atomic E-state index is -0.113. The van der Waals surface area contributed by atoms with E-state index in [4.69, 9.17) is 0 Å². The molecule has 0 saturated heterocycles. The number of benzene rings is 1. The number of hydrogen-bond donors (Lipinski definition) is 1. The molecule has 1 aliphatic heterocycles. The van der Waals surface area contributed by atoms with E-state index >= 15 is 0 Å². The van der Waals surface area contributed by atoms with Crippen molar-refractivity contribution >= 4 is 11.8 Å². The summed E-state index contributed by atoms with van der Waals surface area (Å²) in [4.78, 5) is 1.25. The third kappa shape index (κ3) is 2.89. The highest BCUT2D eigenvalue weighted by molar-refractivity contribution is 7.99. The molecule has 3 heteroatoms. The molecule has 2 atom stereocenters. The first kappa shape index (κ1) is 12.5. The van der Waals surface area contributed by atoms with E-state index in [1.165, 1.54) is 24.2 Å². The third-order valence-corrected chi connectivity index (χ3v) is 5.00. The molecule has 0 amide bonds. The van der Waals surface area contributed by atoms with Crippen LogP contribution in [-0.4, -0.2) is 11.8 Å². The fourth-order valence-electron chi connectivity index (χ4n) is 2.80. The Bertz CT molecular complexity index is 431. The van der Waals surface area contributed by atoms with Crippen molar-refractivity contribution in [1.82, 2.24) is 5.32 Å². The highest BCUT2D eigenvalue weighted by atomic mass is 32.2. The van der Waals surface area contributed by atoms with Crippen molar-refractivity contribution in [2.45, 2.75) is 49.6 Å². The predicted octanol–water partition coefficient (Wildman–Crippen LogP) is 4.14. The molecule has 1 N–H and O–H groups in total. The van der Waals surface area contributed by atoms with Gasteiger partial charge in [0.15, 0.2) is 0 Å². The molecule has 1 nitrogen and oxygen atoms in total. The number of halogens is 1. The first-order valence-corrected chi connectivity index (χ1v) is 7.89. The van der Waals surface area contributed by atoms with Crippen molar-refractivity contribution in [3.05, 3.63) is 29.6 Å². The number of rotatable bonds is 4. The fourth-order valence-corrected chi connectivity index (χ4v) is 3.91.